The maximum Gasteiger partial charge on any atom is 0.244 e. The predicted octanol–water partition coefficient (Wildman–Crippen LogP) is 2.87. The van der Waals surface area contributed by atoms with Crippen molar-refractivity contribution >= 4 is 23.3 Å². The van der Waals surface area contributed by atoms with Gasteiger partial charge in [0.1, 0.15) is 11.6 Å². The van der Waals surface area contributed by atoms with Gasteiger partial charge in [0.25, 0.3) is 0 Å². The number of rotatable bonds is 6. The zero-order valence-corrected chi connectivity index (χ0v) is 13.8. The molecule has 0 aliphatic carbocycles. The van der Waals surface area contributed by atoms with Gasteiger partial charge in [-0.15, -0.1) is 0 Å². The lowest BCUT2D eigenvalue weighted by Crippen LogP contribution is -2.20. The fraction of sp³-hybridized carbons (Fsp3) is 0.118. The molecule has 7 heteroatoms. The first-order valence-electron chi connectivity index (χ1n) is 7.28. The number of aromatic amines is 1. The molecule has 3 aromatic rings. The Morgan fingerprint density at radius 1 is 1.33 bits per heavy atom. The van der Waals surface area contributed by atoms with Gasteiger partial charge in [0, 0.05) is 11.6 Å². The van der Waals surface area contributed by atoms with Gasteiger partial charge in [0.05, 0.1) is 13.7 Å². The summed E-state index contributed by atoms with van der Waals surface area (Å²) in [7, 11) is 1.62. The monoisotopic (exact) mass is 340 g/mol. The summed E-state index contributed by atoms with van der Waals surface area (Å²) in [6.45, 7) is 0.288. The average Bonchev–Trinajstić information content (AvgIpc) is 3.30. The molecule has 1 amide bonds. The van der Waals surface area contributed by atoms with E-state index in [0.29, 0.717) is 11.6 Å². The molecule has 0 saturated heterocycles. The Bertz CT molecular complexity index is 823. The summed E-state index contributed by atoms with van der Waals surface area (Å²) in [6.07, 6.45) is 3.28. The number of hydrogen-bond acceptors (Lipinski definition) is 5. The molecule has 24 heavy (non-hydrogen) atoms. The lowest BCUT2D eigenvalue weighted by Gasteiger charge is -1.99. The Kier molecular flexibility index (Phi) is 5.02. The molecule has 0 unspecified atom stereocenters. The van der Waals surface area contributed by atoms with Crippen LogP contribution in [0.25, 0.3) is 17.5 Å². The number of thiophene rings is 1. The number of ether oxygens (including phenoxy) is 1. The molecule has 3 rings (SSSR count). The van der Waals surface area contributed by atoms with Crippen LogP contribution in [0.15, 0.2) is 47.2 Å². The SMILES string of the molecule is COc1ccc(-c2n[nH]c(CNC(=O)C=Cc3ccsc3)n2)cc1. The van der Waals surface area contributed by atoms with E-state index in [1.807, 2.05) is 41.1 Å². The van der Waals surface area contributed by atoms with Crippen LogP contribution in [0.2, 0.25) is 0 Å². The van der Waals surface area contributed by atoms with E-state index in [9.17, 15) is 4.79 Å². The summed E-state index contributed by atoms with van der Waals surface area (Å²) < 4.78 is 5.12. The first-order chi connectivity index (χ1) is 11.7. The van der Waals surface area contributed by atoms with Crippen LogP contribution < -0.4 is 10.1 Å². The van der Waals surface area contributed by atoms with Crippen LogP contribution in [-0.4, -0.2) is 28.2 Å². The molecule has 0 fully saturated rings. The third kappa shape index (κ3) is 4.08. The minimum absolute atomic E-state index is 0.177. The van der Waals surface area contributed by atoms with Gasteiger partial charge in [-0.25, -0.2) is 4.98 Å². The number of H-pyrrole nitrogens is 1. The quantitative estimate of drug-likeness (QED) is 0.676. The number of amides is 1. The van der Waals surface area contributed by atoms with Crippen molar-refractivity contribution < 1.29 is 9.53 Å². The molecule has 0 atom stereocenters. The number of benzene rings is 1. The number of hydrogen-bond donors (Lipinski definition) is 2. The molecule has 0 radical (unpaired) electrons. The summed E-state index contributed by atoms with van der Waals surface area (Å²) in [4.78, 5) is 16.2. The number of carbonyl (C=O) groups is 1. The highest BCUT2D eigenvalue weighted by molar-refractivity contribution is 7.08. The number of nitrogens with zero attached hydrogens (tertiary/aromatic N) is 2. The number of nitrogens with one attached hydrogen (secondary N) is 2. The number of aromatic nitrogens is 3. The minimum atomic E-state index is -0.177. The van der Waals surface area contributed by atoms with Crippen molar-refractivity contribution in [1.29, 1.82) is 0 Å². The van der Waals surface area contributed by atoms with E-state index in [1.165, 1.54) is 6.08 Å². The number of carbonyl (C=O) groups excluding carboxylic acids is 1. The van der Waals surface area contributed by atoms with E-state index < -0.39 is 0 Å². The molecular formula is C17H16N4O2S. The lowest BCUT2D eigenvalue weighted by molar-refractivity contribution is -0.116. The van der Waals surface area contributed by atoms with Gasteiger partial charge in [-0.2, -0.15) is 16.4 Å². The highest BCUT2D eigenvalue weighted by Crippen LogP contribution is 2.18. The third-order valence-corrected chi connectivity index (χ3v) is 3.98. The second-order valence-electron chi connectivity index (χ2n) is 4.94. The summed E-state index contributed by atoms with van der Waals surface area (Å²) in [5.74, 6) is 1.77. The summed E-state index contributed by atoms with van der Waals surface area (Å²) in [6, 6.07) is 9.42. The molecule has 122 valence electrons. The van der Waals surface area contributed by atoms with Crippen LogP contribution >= 0.6 is 11.3 Å². The first-order valence-corrected chi connectivity index (χ1v) is 8.22. The Hall–Kier alpha value is -2.93. The van der Waals surface area contributed by atoms with Gasteiger partial charge in [-0.05, 0) is 52.7 Å². The highest BCUT2D eigenvalue weighted by Gasteiger charge is 2.06. The molecule has 0 spiro atoms. The Labute approximate surface area is 143 Å². The van der Waals surface area contributed by atoms with Gasteiger partial charge >= 0.3 is 0 Å². The van der Waals surface area contributed by atoms with Crippen LogP contribution in [0.5, 0.6) is 5.75 Å². The summed E-state index contributed by atoms with van der Waals surface area (Å²) in [5.41, 5.74) is 1.89. The zero-order chi connectivity index (χ0) is 16.8. The smallest absolute Gasteiger partial charge is 0.244 e. The highest BCUT2D eigenvalue weighted by atomic mass is 32.1. The molecular weight excluding hydrogens is 324 g/mol. The van der Waals surface area contributed by atoms with Gasteiger partial charge in [0.2, 0.25) is 5.91 Å². The van der Waals surface area contributed by atoms with Crippen LogP contribution in [0.1, 0.15) is 11.4 Å². The topological polar surface area (TPSA) is 79.9 Å². The molecule has 0 aliphatic rings. The van der Waals surface area contributed by atoms with Crippen LogP contribution in [0, 0.1) is 0 Å². The summed E-state index contributed by atoms with van der Waals surface area (Å²) >= 11 is 1.59. The molecule has 0 saturated carbocycles. The van der Waals surface area contributed by atoms with Crippen molar-refractivity contribution in [1.82, 2.24) is 20.5 Å². The van der Waals surface area contributed by atoms with Gasteiger partial charge in [-0.3, -0.25) is 9.89 Å². The lowest BCUT2D eigenvalue weighted by atomic mass is 10.2. The van der Waals surface area contributed by atoms with E-state index in [4.69, 9.17) is 4.74 Å². The Morgan fingerprint density at radius 2 is 2.17 bits per heavy atom. The van der Waals surface area contributed by atoms with Gasteiger partial charge < -0.3 is 10.1 Å². The standard InChI is InChI=1S/C17H16N4O2S/c1-23-14-5-3-13(4-6-14)17-19-15(20-21-17)10-18-16(22)7-2-12-8-9-24-11-12/h2-9,11H,10H2,1H3,(H,18,22)(H,19,20,21). The maximum atomic E-state index is 11.8. The number of methoxy groups -OCH3 is 1. The molecule has 2 aromatic heterocycles. The van der Waals surface area contributed by atoms with Crippen molar-refractivity contribution in [3.63, 3.8) is 0 Å². The van der Waals surface area contributed by atoms with Gasteiger partial charge in [-0.1, -0.05) is 0 Å². The summed E-state index contributed by atoms with van der Waals surface area (Å²) in [5, 5.41) is 13.7. The molecule has 6 nitrogen and oxygen atoms in total. The predicted molar refractivity (Wildman–Crippen MR) is 93.6 cm³/mol. The van der Waals surface area contributed by atoms with E-state index in [1.54, 1.807) is 24.5 Å². The van der Waals surface area contributed by atoms with Crippen molar-refractivity contribution in [2.45, 2.75) is 6.54 Å². The molecule has 1 aromatic carbocycles. The van der Waals surface area contributed by atoms with Crippen LogP contribution in [0.3, 0.4) is 0 Å². The second-order valence-corrected chi connectivity index (χ2v) is 5.72. The first kappa shape index (κ1) is 15.9. The fourth-order valence-electron chi connectivity index (χ4n) is 2.02. The normalized spacial score (nSPS) is 10.9. The van der Waals surface area contributed by atoms with E-state index in [0.717, 1.165) is 16.9 Å². The zero-order valence-electron chi connectivity index (χ0n) is 13.0. The third-order valence-electron chi connectivity index (χ3n) is 3.28. The van der Waals surface area contributed by atoms with E-state index in [-0.39, 0.29) is 12.5 Å². The van der Waals surface area contributed by atoms with Gasteiger partial charge in [0.15, 0.2) is 5.82 Å². The van der Waals surface area contributed by atoms with E-state index >= 15 is 0 Å². The molecule has 2 N–H and O–H groups in total. The second kappa shape index (κ2) is 7.56. The average molecular weight is 340 g/mol. The maximum absolute atomic E-state index is 11.8. The molecule has 0 aliphatic heterocycles. The molecule has 2 heterocycles. The molecule has 0 bridgehead atoms. The van der Waals surface area contributed by atoms with Crippen LogP contribution in [-0.2, 0) is 11.3 Å². The van der Waals surface area contributed by atoms with Crippen molar-refractivity contribution in [3.8, 4) is 17.1 Å². The van der Waals surface area contributed by atoms with E-state index in [2.05, 4.69) is 20.5 Å². The largest absolute Gasteiger partial charge is 0.497 e. The minimum Gasteiger partial charge on any atom is -0.497 e. The Morgan fingerprint density at radius 3 is 2.88 bits per heavy atom. The van der Waals surface area contributed by atoms with Crippen LogP contribution in [0.4, 0.5) is 0 Å². The fourth-order valence-corrected chi connectivity index (χ4v) is 2.64. The van der Waals surface area contributed by atoms with Crippen molar-refractivity contribution in [2.75, 3.05) is 7.11 Å². The Balaban J connectivity index is 1.56. The van der Waals surface area contributed by atoms with Crippen molar-refractivity contribution in [2.24, 2.45) is 0 Å². The van der Waals surface area contributed by atoms with Crippen molar-refractivity contribution in [3.05, 3.63) is 58.6 Å².